The number of methoxy groups -OCH3 is 1. The number of ether oxygens (including phenoxy) is 2. The van der Waals surface area contributed by atoms with Gasteiger partial charge < -0.3 is 14.6 Å². The molecule has 0 saturated heterocycles. The van der Waals surface area contributed by atoms with Crippen LogP contribution in [0.1, 0.15) is 25.3 Å². The molecular formula is C11H16O3. The van der Waals surface area contributed by atoms with Crippen LogP contribution in [-0.4, -0.2) is 19.0 Å². The van der Waals surface area contributed by atoms with Crippen LogP contribution in [-0.2, 0) is 4.74 Å². The maximum absolute atomic E-state index is 9.64. The van der Waals surface area contributed by atoms with E-state index in [1.54, 1.807) is 13.2 Å². The molecule has 0 amide bonds. The predicted octanol–water partition coefficient (Wildman–Crippen LogP) is 2.50. The van der Waals surface area contributed by atoms with Gasteiger partial charge in [0, 0.05) is 13.2 Å². The summed E-state index contributed by atoms with van der Waals surface area (Å²) < 4.78 is 9.95. The summed E-state index contributed by atoms with van der Waals surface area (Å²) >= 11 is 0. The minimum Gasteiger partial charge on any atom is -0.508 e. The predicted molar refractivity (Wildman–Crippen MR) is 54.7 cm³/mol. The molecule has 0 atom stereocenters. The summed E-state index contributed by atoms with van der Waals surface area (Å²) in [5.41, 5.74) is 0.926. The van der Waals surface area contributed by atoms with Gasteiger partial charge in [-0.1, -0.05) is 19.9 Å². The van der Waals surface area contributed by atoms with Crippen LogP contribution < -0.4 is 4.74 Å². The Morgan fingerprint density at radius 3 is 2.57 bits per heavy atom. The Bertz CT molecular complexity index is 295. The second-order valence-electron chi connectivity index (χ2n) is 3.43. The van der Waals surface area contributed by atoms with Gasteiger partial charge in [0.2, 0.25) is 0 Å². The van der Waals surface area contributed by atoms with Crippen molar-refractivity contribution in [2.45, 2.75) is 19.8 Å². The fourth-order valence-corrected chi connectivity index (χ4v) is 1.23. The van der Waals surface area contributed by atoms with E-state index >= 15 is 0 Å². The Kier molecular flexibility index (Phi) is 3.77. The third-order valence-corrected chi connectivity index (χ3v) is 1.97. The quantitative estimate of drug-likeness (QED) is 0.752. The third-order valence-electron chi connectivity index (χ3n) is 1.97. The van der Waals surface area contributed by atoms with E-state index in [2.05, 4.69) is 0 Å². The summed E-state index contributed by atoms with van der Waals surface area (Å²) in [6.07, 6.45) is 0. The topological polar surface area (TPSA) is 38.7 Å². The lowest BCUT2D eigenvalue weighted by Gasteiger charge is -2.10. The molecule has 1 aromatic carbocycles. The zero-order valence-corrected chi connectivity index (χ0v) is 8.78. The molecule has 1 rings (SSSR count). The maximum Gasteiger partial charge on any atom is 0.188 e. The van der Waals surface area contributed by atoms with Crippen molar-refractivity contribution in [2.75, 3.05) is 13.9 Å². The van der Waals surface area contributed by atoms with E-state index in [-0.39, 0.29) is 12.5 Å². The van der Waals surface area contributed by atoms with Gasteiger partial charge in [-0.15, -0.1) is 0 Å². The Labute approximate surface area is 84.3 Å². The molecular weight excluding hydrogens is 180 g/mol. The second-order valence-corrected chi connectivity index (χ2v) is 3.43. The van der Waals surface area contributed by atoms with Crippen molar-refractivity contribution < 1.29 is 14.6 Å². The van der Waals surface area contributed by atoms with Crippen LogP contribution in [0, 0.1) is 0 Å². The highest BCUT2D eigenvalue weighted by molar-refractivity contribution is 5.41. The van der Waals surface area contributed by atoms with Crippen molar-refractivity contribution in [2.24, 2.45) is 0 Å². The molecule has 0 aromatic heterocycles. The number of aromatic hydroxyl groups is 1. The fraction of sp³-hybridized carbons (Fsp3) is 0.455. The molecule has 14 heavy (non-hydrogen) atoms. The SMILES string of the molecule is COCOc1ccc(C(C)C)c(O)c1. The van der Waals surface area contributed by atoms with Gasteiger partial charge in [-0.05, 0) is 17.5 Å². The van der Waals surface area contributed by atoms with E-state index in [9.17, 15) is 5.11 Å². The van der Waals surface area contributed by atoms with Gasteiger partial charge in [0.15, 0.2) is 6.79 Å². The van der Waals surface area contributed by atoms with Gasteiger partial charge in [-0.25, -0.2) is 0 Å². The first-order chi connectivity index (χ1) is 6.65. The van der Waals surface area contributed by atoms with Crippen LogP contribution in [0.15, 0.2) is 18.2 Å². The summed E-state index contributed by atoms with van der Waals surface area (Å²) in [6, 6.07) is 5.30. The molecule has 3 heteroatoms. The first kappa shape index (κ1) is 10.9. The van der Waals surface area contributed by atoms with Crippen LogP contribution in [0.5, 0.6) is 11.5 Å². The van der Waals surface area contributed by atoms with Crippen LogP contribution in [0.2, 0.25) is 0 Å². The number of benzene rings is 1. The number of hydrogen-bond donors (Lipinski definition) is 1. The van der Waals surface area contributed by atoms with E-state index < -0.39 is 0 Å². The summed E-state index contributed by atoms with van der Waals surface area (Å²) in [7, 11) is 1.56. The zero-order chi connectivity index (χ0) is 10.6. The van der Waals surface area contributed by atoms with Crippen LogP contribution in [0.4, 0.5) is 0 Å². The van der Waals surface area contributed by atoms with Crippen molar-refractivity contribution in [3.05, 3.63) is 23.8 Å². The van der Waals surface area contributed by atoms with Crippen molar-refractivity contribution in [3.8, 4) is 11.5 Å². The largest absolute Gasteiger partial charge is 0.508 e. The van der Waals surface area contributed by atoms with Crippen LogP contribution in [0.25, 0.3) is 0 Å². The van der Waals surface area contributed by atoms with Crippen molar-refractivity contribution >= 4 is 0 Å². The lowest BCUT2D eigenvalue weighted by Crippen LogP contribution is -1.99. The standard InChI is InChI=1S/C11H16O3/c1-8(2)10-5-4-9(6-11(10)12)14-7-13-3/h4-6,8,12H,7H2,1-3H3. The van der Waals surface area contributed by atoms with Crippen molar-refractivity contribution in [1.29, 1.82) is 0 Å². The summed E-state index contributed by atoms with van der Waals surface area (Å²) in [5, 5.41) is 9.64. The number of phenolic OH excluding ortho intramolecular Hbond substituents is 1. The monoisotopic (exact) mass is 196 g/mol. The van der Waals surface area contributed by atoms with Gasteiger partial charge in [0.05, 0.1) is 0 Å². The fourth-order valence-electron chi connectivity index (χ4n) is 1.23. The molecule has 0 radical (unpaired) electrons. The van der Waals surface area contributed by atoms with E-state index in [0.717, 1.165) is 5.56 Å². The molecule has 1 N–H and O–H groups in total. The van der Waals surface area contributed by atoms with Crippen LogP contribution in [0.3, 0.4) is 0 Å². The number of phenols is 1. The van der Waals surface area contributed by atoms with E-state index in [1.807, 2.05) is 26.0 Å². The van der Waals surface area contributed by atoms with Gasteiger partial charge in [-0.2, -0.15) is 0 Å². The molecule has 0 aliphatic rings. The summed E-state index contributed by atoms with van der Waals surface area (Å²) in [6.45, 7) is 4.26. The minimum atomic E-state index is 0.195. The summed E-state index contributed by atoms with van der Waals surface area (Å²) in [5.74, 6) is 1.20. The normalized spacial score (nSPS) is 10.6. The molecule has 0 aliphatic heterocycles. The molecule has 0 bridgehead atoms. The highest BCUT2D eigenvalue weighted by Crippen LogP contribution is 2.29. The Balaban J connectivity index is 2.78. The first-order valence-corrected chi connectivity index (χ1v) is 4.59. The molecule has 0 saturated carbocycles. The Hall–Kier alpha value is -1.22. The molecule has 0 fully saturated rings. The molecule has 0 spiro atoms. The Morgan fingerprint density at radius 2 is 2.07 bits per heavy atom. The molecule has 1 aromatic rings. The first-order valence-electron chi connectivity index (χ1n) is 4.59. The molecule has 78 valence electrons. The van der Waals surface area contributed by atoms with E-state index in [1.165, 1.54) is 0 Å². The summed E-state index contributed by atoms with van der Waals surface area (Å²) in [4.78, 5) is 0. The molecule has 0 aliphatic carbocycles. The van der Waals surface area contributed by atoms with Crippen LogP contribution >= 0.6 is 0 Å². The number of rotatable bonds is 4. The maximum atomic E-state index is 9.64. The smallest absolute Gasteiger partial charge is 0.188 e. The van der Waals surface area contributed by atoms with E-state index in [4.69, 9.17) is 9.47 Å². The minimum absolute atomic E-state index is 0.195. The Morgan fingerprint density at radius 1 is 1.36 bits per heavy atom. The number of hydrogen-bond acceptors (Lipinski definition) is 3. The average Bonchev–Trinajstić information content (AvgIpc) is 2.14. The highest BCUT2D eigenvalue weighted by Gasteiger charge is 2.06. The van der Waals surface area contributed by atoms with Crippen molar-refractivity contribution in [3.63, 3.8) is 0 Å². The van der Waals surface area contributed by atoms with Gasteiger partial charge in [0.25, 0.3) is 0 Å². The molecule has 0 unspecified atom stereocenters. The zero-order valence-electron chi connectivity index (χ0n) is 8.78. The second kappa shape index (κ2) is 4.86. The lowest BCUT2D eigenvalue weighted by atomic mass is 10.0. The van der Waals surface area contributed by atoms with Gasteiger partial charge in [0.1, 0.15) is 11.5 Å². The van der Waals surface area contributed by atoms with Gasteiger partial charge >= 0.3 is 0 Å². The molecule has 0 heterocycles. The van der Waals surface area contributed by atoms with Gasteiger partial charge in [-0.3, -0.25) is 0 Å². The van der Waals surface area contributed by atoms with Crippen molar-refractivity contribution in [1.82, 2.24) is 0 Å². The molecule has 3 nitrogen and oxygen atoms in total. The highest BCUT2D eigenvalue weighted by atomic mass is 16.7. The lowest BCUT2D eigenvalue weighted by molar-refractivity contribution is 0.0510. The average molecular weight is 196 g/mol. The van der Waals surface area contributed by atoms with E-state index in [0.29, 0.717) is 11.7 Å². The third kappa shape index (κ3) is 2.64.